The molecule has 0 saturated heterocycles. The van der Waals surface area contributed by atoms with Gasteiger partial charge in [-0.15, -0.1) is 0 Å². The van der Waals surface area contributed by atoms with Crippen molar-refractivity contribution in [3.8, 4) is 0 Å². The molecule has 0 aromatic carbocycles. The normalized spacial score (nSPS) is 10.0. The molecular formula is C10H18O4. The van der Waals surface area contributed by atoms with E-state index in [0.717, 1.165) is 12.8 Å². The summed E-state index contributed by atoms with van der Waals surface area (Å²) >= 11 is 0. The lowest BCUT2D eigenvalue weighted by Crippen LogP contribution is -2.20. The molecule has 0 aliphatic rings. The molecule has 0 radical (unpaired) electrons. The van der Waals surface area contributed by atoms with Crippen molar-refractivity contribution in [3.63, 3.8) is 0 Å². The first-order chi connectivity index (χ1) is 6.57. The number of carbonyl (C=O) groups is 2. The number of hydrogen-bond donors (Lipinski definition) is 0. The second-order valence-electron chi connectivity index (χ2n) is 3.39. The van der Waals surface area contributed by atoms with E-state index in [9.17, 15) is 9.59 Å². The molecule has 4 heteroatoms. The van der Waals surface area contributed by atoms with Crippen LogP contribution in [0.5, 0.6) is 0 Å². The van der Waals surface area contributed by atoms with E-state index in [0.29, 0.717) is 5.92 Å². The fraction of sp³-hybridized carbons (Fsp3) is 0.800. The molecule has 0 atom stereocenters. The van der Waals surface area contributed by atoms with Crippen LogP contribution in [0.1, 0.15) is 33.6 Å². The summed E-state index contributed by atoms with van der Waals surface area (Å²) in [6, 6.07) is 0. The maximum Gasteiger partial charge on any atom is 0.417 e. The summed E-state index contributed by atoms with van der Waals surface area (Å²) in [5.41, 5.74) is 0. The molecule has 0 rings (SSSR count). The van der Waals surface area contributed by atoms with Crippen LogP contribution in [0.15, 0.2) is 0 Å². The van der Waals surface area contributed by atoms with Crippen LogP contribution in [-0.2, 0) is 19.1 Å². The van der Waals surface area contributed by atoms with Gasteiger partial charge >= 0.3 is 11.9 Å². The van der Waals surface area contributed by atoms with Crippen LogP contribution in [0.25, 0.3) is 0 Å². The quantitative estimate of drug-likeness (QED) is 0.385. The van der Waals surface area contributed by atoms with Gasteiger partial charge in [0.2, 0.25) is 0 Å². The second kappa shape index (κ2) is 7.35. The molecule has 0 heterocycles. The summed E-state index contributed by atoms with van der Waals surface area (Å²) in [4.78, 5) is 21.7. The van der Waals surface area contributed by atoms with Gasteiger partial charge in [-0.3, -0.25) is 0 Å². The molecular weight excluding hydrogens is 184 g/mol. The Balaban J connectivity index is 3.49. The van der Waals surface area contributed by atoms with Gasteiger partial charge in [0.1, 0.15) is 0 Å². The van der Waals surface area contributed by atoms with Gasteiger partial charge in [-0.05, 0) is 25.7 Å². The molecule has 0 aromatic heterocycles. The van der Waals surface area contributed by atoms with Crippen LogP contribution in [0.4, 0.5) is 0 Å². The number of carbonyl (C=O) groups excluding carboxylic acids is 2. The Bertz CT molecular complexity index is 187. The highest BCUT2D eigenvalue weighted by Crippen LogP contribution is 2.03. The lowest BCUT2D eigenvalue weighted by atomic mass is 10.1. The average molecular weight is 202 g/mol. The molecule has 82 valence electrons. The molecule has 0 N–H and O–H groups in total. The van der Waals surface area contributed by atoms with Crippen LogP contribution in [0.3, 0.4) is 0 Å². The minimum absolute atomic E-state index is 0.194. The van der Waals surface area contributed by atoms with Crippen molar-refractivity contribution in [1.82, 2.24) is 0 Å². The molecule has 0 bridgehead atoms. The first kappa shape index (κ1) is 12.9. The Morgan fingerprint density at radius 1 is 1.14 bits per heavy atom. The molecule has 14 heavy (non-hydrogen) atoms. The number of hydrogen-bond acceptors (Lipinski definition) is 4. The first-order valence-corrected chi connectivity index (χ1v) is 4.91. The van der Waals surface area contributed by atoms with E-state index >= 15 is 0 Å². The monoisotopic (exact) mass is 202 g/mol. The van der Waals surface area contributed by atoms with E-state index in [1.54, 1.807) is 6.92 Å². The van der Waals surface area contributed by atoms with Crippen LogP contribution in [-0.4, -0.2) is 25.2 Å². The van der Waals surface area contributed by atoms with E-state index in [1.165, 1.54) is 0 Å². The average Bonchev–Trinajstić information content (AvgIpc) is 2.12. The maximum atomic E-state index is 10.9. The van der Waals surface area contributed by atoms with E-state index in [2.05, 4.69) is 18.6 Å². The standard InChI is InChI=1S/C10H18O4/c1-4-13-9(11)10(12)14-7-5-6-8(2)3/h8H,4-7H2,1-3H3. The fourth-order valence-corrected chi connectivity index (χ4v) is 0.905. The largest absolute Gasteiger partial charge is 0.458 e. The van der Waals surface area contributed by atoms with Crippen molar-refractivity contribution in [2.75, 3.05) is 13.2 Å². The minimum atomic E-state index is -0.906. The molecule has 4 nitrogen and oxygen atoms in total. The highest BCUT2D eigenvalue weighted by atomic mass is 16.6. The summed E-state index contributed by atoms with van der Waals surface area (Å²) in [6.07, 6.45) is 1.76. The smallest absolute Gasteiger partial charge is 0.417 e. The highest BCUT2D eigenvalue weighted by Gasteiger charge is 2.15. The third-order valence-corrected chi connectivity index (χ3v) is 1.60. The maximum absolute atomic E-state index is 10.9. The molecule has 0 fully saturated rings. The van der Waals surface area contributed by atoms with E-state index in [-0.39, 0.29) is 13.2 Å². The van der Waals surface area contributed by atoms with Crippen molar-refractivity contribution >= 4 is 11.9 Å². The zero-order valence-electron chi connectivity index (χ0n) is 9.04. The highest BCUT2D eigenvalue weighted by molar-refractivity contribution is 6.29. The molecule has 0 aromatic rings. The summed E-state index contributed by atoms with van der Waals surface area (Å²) < 4.78 is 9.16. The molecule has 0 aliphatic heterocycles. The summed E-state index contributed by atoms with van der Waals surface area (Å²) in [6.45, 7) is 6.31. The molecule has 0 spiro atoms. The Morgan fingerprint density at radius 2 is 1.71 bits per heavy atom. The van der Waals surface area contributed by atoms with Gasteiger partial charge in [0.25, 0.3) is 0 Å². The fourth-order valence-electron chi connectivity index (χ4n) is 0.905. The third kappa shape index (κ3) is 6.46. The topological polar surface area (TPSA) is 52.6 Å². The Kier molecular flexibility index (Phi) is 6.80. The van der Waals surface area contributed by atoms with Crippen molar-refractivity contribution < 1.29 is 19.1 Å². The molecule has 0 unspecified atom stereocenters. The predicted octanol–water partition coefficient (Wildman–Crippen LogP) is 1.53. The summed E-state index contributed by atoms with van der Waals surface area (Å²) in [5, 5.41) is 0. The second-order valence-corrected chi connectivity index (χ2v) is 3.39. The summed E-state index contributed by atoms with van der Waals surface area (Å²) in [7, 11) is 0. The van der Waals surface area contributed by atoms with Crippen LogP contribution in [0, 0.1) is 5.92 Å². The number of rotatable bonds is 5. The van der Waals surface area contributed by atoms with Gasteiger partial charge in [0, 0.05) is 0 Å². The summed E-state index contributed by atoms with van der Waals surface area (Å²) in [5.74, 6) is -1.22. The third-order valence-electron chi connectivity index (χ3n) is 1.60. The van der Waals surface area contributed by atoms with Gasteiger partial charge in [-0.1, -0.05) is 13.8 Å². The van der Waals surface area contributed by atoms with Gasteiger partial charge in [-0.25, -0.2) is 9.59 Å². The lowest BCUT2D eigenvalue weighted by molar-refractivity contribution is -0.167. The van der Waals surface area contributed by atoms with Crippen molar-refractivity contribution in [3.05, 3.63) is 0 Å². The number of ether oxygens (including phenoxy) is 2. The van der Waals surface area contributed by atoms with Crippen LogP contribution in [0.2, 0.25) is 0 Å². The Labute approximate surface area is 84.6 Å². The van der Waals surface area contributed by atoms with Gasteiger partial charge in [0.15, 0.2) is 0 Å². The molecule has 0 aliphatic carbocycles. The van der Waals surface area contributed by atoms with Gasteiger partial charge in [0.05, 0.1) is 13.2 Å². The van der Waals surface area contributed by atoms with E-state index < -0.39 is 11.9 Å². The van der Waals surface area contributed by atoms with Crippen LogP contribution < -0.4 is 0 Å². The van der Waals surface area contributed by atoms with Crippen molar-refractivity contribution in [2.45, 2.75) is 33.6 Å². The number of esters is 2. The minimum Gasteiger partial charge on any atom is -0.458 e. The van der Waals surface area contributed by atoms with Gasteiger partial charge in [-0.2, -0.15) is 0 Å². The first-order valence-electron chi connectivity index (χ1n) is 4.91. The predicted molar refractivity (Wildman–Crippen MR) is 51.7 cm³/mol. The zero-order chi connectivity index (χ0) is 11.0. The Hall–Kier alpha value is -1.06. The SMILES string of the molecule is CCOC(=O)C(=O)OCCCC(C)C. The van der Waals surface area contributed by atoms with Gasteiger partial charge < -0.3 is 9.47 Å². The van der Waals surface area contributed by atoms with E-state index in [4.69, 9.17) is 4.74 Å². The lowest BCUT2D eigenvalue weighted by Gasteiger charge is -2.05. The van der Waals surface area contributed by atoms with Crippen molar-refractivity contribution in [2.24, 2.45) is 5.92 Å². The zero-order valence-corrected chi connectivity index (χ0v) is 9.04. The Morgan fingerprint density at radius 3 is 2.21 bits per heavy atom. The van der Waals surface area contributed by atoms with E-state index in [1.807, 2.05) is 0 Å². The van der Waals surface area contributed by atoms with Crippen LogP contribution >= 0.6 is 0 Å². The van der Waals surface area contributed by atoms with Crippen molar-refractivity contribution in [1.29, 1.82) is 0 Å². The molecule has 0 amide bonds. The molecule has 0 saturated carbocycles.